The molecule has 0 aliphatic heterocycles. The van der Waals surface area contributed by atoms with Crippen molar-refractivity contribution in [2.45, 2.75) is 6.61 Å². The minimum atomic E-state index is -3.01. The Balaban J connectivity index is 2.59. The third kappa shape index (κ3) is 2.06. The van der Waals surface area contributed by atoms with E-state index in [9.17, 15) is 13.2 Å². The summed E-state index contributed by atoms with van der Waals surface area (Å²) in [7, 11) is 0. The number of hydrogen-bond acceptors (Lipinski definition) is 2. The van der Waals surface area contributed by atoms with Gasteiger partial charge >= 0.3 is 6.61 Å². The van der Waals surface area contributed by atoms with Gasteiger partial charge in [-0.05, 0) is 22.0 Å². The average Bonchev–Trinajstić information content (AvgIpc) is 2.44. The number of imidazole rings is 1. The molecule has 0 saturated heterocycles. The molecule has 0 unspecified atom stereocenters. The lowest BCUT2D eigenvalue weighted by Gasteiger charge is -2.04. The molecule has 1 N–H and O–H groups in total. The van der Waals surface area contributed by atoms with E-state index in [-0.39, 0.29) is 16.8 Å². The van der Waals surface area contributed by atoms with E-state index >= 15 is 0 Å². The SMILES string of the molecule is Fc1cc(OC(F)F)c2nc(Br)[nH]c2c1. The zero-order valence-corrected chi connectivity index (χ0v) is 8.69. The Bertz CT molecular complexity index is 500. The van der Waals surface area contributed by atoms with Gasteiger partial charge in [-0.25, -0.2) is 9.37 Å². The number of benzene rings is 1. The Labute approximate surface area is 90.4 Å². The number of nitrogens with one attached hydrogen (secondary N) is 1. The van der Waals surface area contributed by atoms with Gasteiger partial charge in [-0.2, -0.15) is 8.78 Å². The number of aromatic amines is 1. The first-order valence-electron chi connectivity index (χ1n) is 3.86. The van der Waals surface area contributed by atoms with E-state index in [0.29, 0.717) is 4.73 Å². The first-order chi connectivity index (χ1) is 7.06. The van der Waals surface area contributed by atoms with E-state index < -0.39 is 12.4 Å². The maximum atomic E-state index is 13.0. The van der Waals surface area contributed by atoms with Crippen LogP contribution in [-0.4, -0.2) is 16.6 Å². The van der Waals surface area contributed by atoms with Gasteiger partial charge in [0.25, 0.3) is 0 Å². The van der Waals surface area contributed by atoms with Gasteiger partial charge in [0.1, 0.15) is 11.3 Å². The number of aromatic nitrogens is 2. The van der Waals surface area contributed by atoms with E-state index in [1.165, 1.54) is 0 Å². The summed E-state index contributed by atoms with van der Waals surface area (Å²) >= 11 is 3.02. The van der Waals surface area contributed by atoms with Crippen molar-refractivity contribution in [2.24, 2.45) is 0 Å². The molecule has 2 rings (SSSR count). The highest BCUT2D eigenvalue weighted by Gasteiger charge is 2.13. The standard InChI is InChI=1S/C8H4BrF3N2O/c9-7-13-4-1-3(10)2-5(6(4)14-7)15-8(11)12/h1-2,8H,(H,13,14). The van der Waals surface area contributed by atoms with Gasteiger partial charge in [0.2, 0.25) is 0 Å². The van der Waals surface area contributed by atoms with E-state index in [1.807, 2.05) is 0 Å². The second kappa shape index (κ2) is 3.73. The molecule has 3 nitrogen and oxygen atoms in total. The van der Waals surface area contributed by atoms with Crippen LogP contribution in [0.4, 0.5) is 13.2 Å². The van der Waals surface area contributed by atoms with Gasteiger partial charge in [-0.3, -0.25) is 0 Å². The first-order valence-corrected chi connectivity index (χ1v) is 4.65. The zero-order valence-electron chi connectivity index (χ0n) is 7.10. The summed E-state index contributed by atoms with van der Waals surface area (Å²) in [6.07, 6.45) is 0. The van der Waals surface area contributed by atoms with Crippen LogP contribution in [-0.2, 0) is 0 Å². The molecule has 2 aromatic rings. The van der Waals surface area contributed by atoms with Gasteiger partial charge in [0.05, 0.1) is 5.52 Å². The monoisotopic (exact) mass is 280 g/mol. The summed E-state index contributed by atoms with van der Waals surface area (Å²) in [6, 6.07) is 2.01. The van der Waals surface area contributed by atoms with Gasteiger partial charge in [0.15, 0.2) is 10.5 Å². The number of alkyl halides is 2. The van der Waals surface area contributed by atoms with Crippen LogP contribution in [0.1, 0.15) is 0 Å². The average molecular weight is 281 g/mol. The molecule has 1 aromatic heterocycles. The molecule has 0 atom stereocenters. The predicted octanol–water partition coefficient (Wildman–Crippen LogP) is 3.07. The number of nitrogens with zero attached hydrogens (tertiary/aromatic N) is 1. The lowest BCUT2D eigenvalue weighted by Crippen LogP contribution is -2.02. The summed E-state index contributed by atoms with van der Waals surface area (Å²) in [5, 5.41) is 0. The van der Waals surface area contributed by atoms with Crippen LogP contribution in [0.3, 0.4) is 0 Å². The summed E-state index contributed by atoms with van der Waals surface area (Å²) in [6.45, 7) is -3.01. The van der Waals surface area contributed by atoms with Crippen molar-refractivity contribution in [3.05, 3.63) is 22.7 Å². The van der Waals surface area contributed by atoms with Crippen LogP contribution < -0.4 is 4.74 Å². The number of rotatable bonds is 2. The Morgan fingerprint density at radius 2 is 2.13 bits per heavy atom. The summed E-state index contributed by atoms with van der Waals surface area (Å²) in [4.78, 5) is 6.50. The molecule has 0 radical (unpaired) electrons. The quantitative estimate of drug-likeness (QED) is 0.918. The number of fused-ring (bicyclic) bond motifs is 1. The minimum absolute atomic E-state index is 0.156. The third-order valence-electron chi connectivity index (χ3n) is 1.70. The Morgan fingerprint density at radius 3 is 2.80 bits per heavy atom. The zero-order chi connectivity index (χ0) is 11.0. The van der Waals surface area contributed by atoms with E-state index in [0.717, 1.165) is 12.1 Å². The molecule has 0 fully saturated rings. The third-order valence-corrected chi connectivity index (χ3v) is 2.08. The fourth-order valence-electron chi connectivity index (χ4n) is 1.21. The molecular weight excluding hydrogens is 277 g/mol. The van der Waals surface area contributed by atoms with Crippen molar-refractivity contribution in [3.8, 4) is 5.75 Å². The van der Waals surface area contributed by atoms with Crippen LogP contribution in [0.5, 0.6) is 5.75 Å². The fourth-order valence-corrected chi connectivity index (χ4v) is 1.60. The molecule has 0 spiro atoms. The van der Waals surface area contributed by atoms with E-state index in [1.54, 1.807) is 0 Å². The Kier molecular flexibility index (Phi) is 2.56. The van der Waals surface area contributed by atoms with Crippen molar-refractivity contribution in [1.82, 2.24) is 9.97 Å². The van der Waals surface area contributed by atoms with Crippen molar-refractivity contribution in [3.63, 3.8) is 0 Å². The second-order valence-corrected chi connectivity index (χ2v) is 3.46. The minimum Gasteiger partial charge on any atom is -0.432 e. The number of H-pyrrole nitrogens is 1. The molecule has 0 bridgehead atoms. The van der Waals surface area contributed by atoms with Crippen LogP contribution in [0, 0.1) is 5.82 Å². The first kappa shape index (κ1) is 10.3. The Morgan fingerprint density at radius 1 is 1.40 bits per heavy atom. The maximum Gasteiger partial charge on any atom is 0.387 e. The molecule has 0 aliphatic carbocycles. The fraction of sp³-hybridized carbons (Fsp3) is 0.125. The number of ether oxygens (including phenoxy) is 1. The molecule has 7 heteroatoms. The summed E-state index contributed by atoms with van der Waals surface area (Å²) in [5.74, 6) is -0.962. The van der Waals surface area contributed by atoms with Crippen LogP contribution in [0.25, 0.3) is 11.0 Å². The molecule has 0 aliphatic rings. The molecule has 15 heavy (non-hydrogen) atoms. The van der Waals surface area contributed by atoms with E-state index in [2.05, 4.69) is 30.6 Å². The van der Waals surface area contributed by atoms with E-state index in [4.69, 9.17) is 0 Å². The molecule has 1 heterocycles. The van der Waals surface area contributed by atoms with Crippen molar-refractivity contribution < 1.29 is 17.9 Å². The van der Waals surface area contributed by atoms with Crippen molar-refractivity contribution in [2.75, 3.05) is 0 Å². The Hall–Kier alpha value is -1.24. The topological polar surface area (TPSA) is 37.9 Å². The highest BCUT2D eigenvalue weighted by Crippen LogP contribution is 2.27. The molecular formula is C8H4BrF3N2O. The second-order valence-electron chi connectivity index (χ2n) is 2.71. The maximum absolute atomic E-state index is 13.0. The molecule has 0 amide bonds. The normalized spacial score (nSPS) is 11.3. The smallest absolute Gasteiger partial charge is 0.387 e. The van der Waals surface area contributed by atoms with Gasteiger partial charge in [-0.1, -0.05) is 0 Å². The largest absolute Gasteiger partial charge is 0.432 e. The van der Waals surface area contributed by atoms with Gasteiger partial charge < -0.3 is 9.72 Å². The lowest BCUT2D eigenvalue weighted by atomic mass is 10.3. The lowest BCUT2D eigenvalue weighted by molar-refractivity contribution is -0.0490. The van der Waals surface area contributed by atoms with Crippen LogP contribution in [0.2, 0.25) is 0 Å². The molecule has 0 saturated carbocycles. The van der Waals surface area contributed by atoms with Crippen molar-refractivity contribution in [1.29, 1.82) is 0 Å². The van der Waals surface area contributed by atoms with Crippen molar-refractivity contribution >= 4 is 27.0 Å². The van der Waals surface area contributed by atoms with Gasteiger partial charge in [0, 0.05) is 6.07 Å². The number of halogens is 4. The highest BCUT2D eigenvalue weighted by molar-refractivity contribution is 9.10. The van der Waals surface area contributed by atoms with Gasteiger partial charge in [-0.15, -0.1) is 0 Å². The van der Waals surface area contributed by atoms with Crippen LogP contribution in [0.15, 0.2) is 16.9 Å². The number of hydrogen-bond donors (Lipinski definition) is 1. The summed E-state index contributed by atoms with van der Waals surface area (Å²) < 4.78 is 41.4. The summed E-state index contributed by atoms with van der Waals surface area (Å²) in [5.41, 5.74) is 0.445. The highest BCUT2D eigenvalue weighted by atomic mass is 79.9. The molecule has 80 valence electrons. The molecule has 1 aromatic carbocycles. The van der Waals surface area contributed by atoms with Crippen LogP contribution >= 0.6 is 15.9 Å². The predicted molar refractivity (Wildman–Crippen MR) is 50.4 cm³/mol.